The predicted molar refractivity (Wildman–Crippen MR) is 101 cm³/mol. The minimum atomic E-state index is -3.82. The molecule has 0 radical (unpaired) electrons. The van der Waals surface area contributed by atoms with Crippen LogP contribution in [-0.2, 0) is 21.3 Å². The van der Waals surface area contributed by atoms with Gasteiger partial charge in [0.25, 0.3) is 0 Å². The molecule has 0 amide bonds. The van der Waals surface area contributed by atoms with Crippen LogP contribution in [0.15, 0.2) is 38.4 Å². The van der Waals surface area contributed by atoms with Gasteiger partial charge in [-0.25, -0.2) is 27.9 Å². The third kappa shape index (κ3) is 3.91. The number of aromatic amines is 1. The third-order valence-corrected chi connectivity index (χ3v) is 5.74. The molecular weight excluding hydrogens is 386 g/mol. The average Bonchev–Trinajstić information content (AvgIpc) is 3.06. The number of hydrogen-bond donors (Lipinski definition) is 2. The van der Waals surface area contributed by atoms with E-state index in [1.807, 2.05) is 13.0 Å². The van der Waals surface area contributed by atoms with Gasteiger partial charge in [-0.15, -0.1) is 0 Å². The van der Waals surface area contributed by atoms with Crippen molar-refractivity contribution in [1.29, 1.82) is 0 Å². The monoisotopic (exact) mass is 405 g/mol. The highest BCUT2D eigenvalue weighted by Gasteiger charge is 2.18. The van der Waals surface area contributed by atoms with Gasteiger partial charge in [-0.2, -0.15) is 0 Å². The molecule has 148 valence electrons. The van der Waals surface area contributed by atoms with Crippen LogP contribution in [-0.4, -0.2) is 49.7 Å². The Morgan fingerprint density at radius 3 is 2.79 bits per heavy atom. The fourth-order valence-corrected chi connectivity index (χ4v) is 3.99. The number of hydrogen-bond acceptors (Lipinski definition) is 8. The Labute approximate surface area is 160 Å². The molecule has 0 saturated carbocycles. The second-order valence-corrected chi connectivity index (χ2v) is 8.15. The standard InChI is InChI=1S/C17H19N5O5S/c1-11-8-16(22-4-6-26-7-5-22)21-15(19-11)10-18-28(24,25)12-2-3-14-13(9-12)20-17(23)27-14/h2-3,8-9,18H,4-7,10H2,1H3,(H,20,23). The molecule has 3 aromatic rings. The number of nitrogens with one attached hydrogen (secondary N) is 2. The van der Waals surface area contributed by atoms with Crippen LogP contribution in [0.2, 0.25) is 0 Å². The summed E-state index contributed by atoms with van der Waals surface area (Å²) in [5.41, 5.74) is 1.36. The van der Waals surface area contributed by atoms with E-state index in [4.69, 9.17) is 9.15 Å². The third-order valence-electron chi connectivity index (χ3n) is 4.34. The van der Waals surface area contributed by atoms with Crippen molar-refractivity contribution >= 4 is 26.9 Å². The summed E-state index contributed by atoms with van der Waals surface area (Å²) in [7, 11) is -3.82. The number of ether oxygens (including phenoxy) is 1. The number of aromatic nitrogens is 3. The van der Waals surface area contributed by atoms with Gasteiger partial charge in [-0.3, -0.25) is 4.98 Å². The van der Waals surface area contributed by atoms with Crippen LogP contribution in [0.5, 0.6) is 0 Å². The number of sulfonamides is 1. The lowest BCUT2D eigenvalue weighted by molar-refractivity contribution is 0.122. The number of fused-ring (bicyclic) bond motifs is 1. The van der Waals surface area contributed by atoms with Gasteiger partial charge in [-0.1, -0.05) is 0 Å². The van der Waals surface area contributed by atoms with Gasteiger partial charge >= 0.3 is 5.76 Å². The number of benzene rings is 1. The summed E-state index contributed by atoms with van der Waals surface area (Å²) < 4.78 is 38.0. The van der Waals surface area contributed by atoms with Gasteiger partial charge in [0.05, 0.1) is 30.2 Å². The molecule has 1 aliphatic heterocycles. The summed E-state index contributed by atoms with van der Waals surface area (Å²) in [5, 5.41) is 0. The maximum Gasteiger partial charge on any atom is 0.417 e. The van der Waals surface area contributed by atoms with E-state index < -0.39 is 15.8 Å². The van der Waals surface area contributed by atoms with Crippen molar-refractivity contribution in [2.45, 2.75) is 18.4 Å². The highest BCUT2D eigenvalue weighted by atomic mass is 32.2. The fraction of sp³-hybridized carbons (Fsp3) is 0.353. The highest BCUT2D eigenvalue weighted by molar-refractivity contribution is 7.89. The van der Waals surface area contributed by atoms with Crippen molar-refractivity contribution in [2.75, 3.05) is 31.2 Å². The zero-order valence-corrected chi connectivity index (χ0v) is 16.0. The fourth-order valence-electron chi connectivity index (χ4n) is 2.99. The van der Waals surface area contributed by atoms with Crippen molar-refractivity contribution in [3.63, 3.8) is 0 Å². The Hall–Kier alpha value is -2.76. The van der Waals surface area contributed by atoms with Crippen LogP contribution in [0.1, 0.15) is 11.5 Å². The zero-order valence-electron chi connectivity index (χ0n) is 15.1. The first kappa shape index (κ1) is 18.6. The number of aryl methyl sites for hydroxylation is 1. The van der Waals surface area contributed by atoms with Crippen molar-refractivity contribution in [1.82, 2.24) is 19.7 Å². The van der Waals surface area contributed by atoms with E-state index in [0.29, 0.717) is 30.1 Å². The lowest BCUT2D eigenvalue weighted by atomic mass is 10.3. The maximum atomic E-state index is 12.6. The van der Waals surface area contributed by atoms with E-state index in [0.717, 1.165) is 24.6 Å². The summed E-state index contributed by atoms with van der Waals surface area (Å²) in [6.45, 7) is 4.50. The molecule has 1 fully saturated rings. The van der Waals surface area contributed by atoms with E-state index in [-0.39, 0.29) is 11.4 Å². The summed E-state index contributed by atoms with van der Waals surface area (Å²) in [5.74, 6) is 0.492. The van der Waals surface area contributed by atoms with Gasteiger partial charge in [-0.05, 0) is 25.1 Å². The summed E-state index contributed by atoms with van der Waals surface area (Å²) in [6, 6.07) is 6.02. The van der Waals surface area contributed by atoms with Gasteiger partial charge in [0, 0.05) is 24.8 Å². The number of morpholine rings is 1. The quantitative estimate of drug-likeness (QED) is 0.629. The molecule has 3 heterocycles. The Morgan fingerprint density at radius 1 is 1.21 bits per heavy atom. The molecule has 0 spiro atoms. The van der Waals surface area contributed by atoms with Gasteiger partial charge < -0.3 is 14.1 Å². The molecular formula is C17H19N5O5S. The molecule has 11 heteroatoms. The van der Waals surface area contributed by atoms with Crippen LogP contribution < -0.4 is 15.4 Å². The van der Waals surface area contributed by atoms with E-state index >= 15 is 0 Å². The normalized spacial score (nSPS) is 15.2. The predicted octanol–water partition coefficient (Wildman–Crippen LogP) is 0.535. The maximum absolute atomic E-state index is 12.6. The second-order valence-electron chi connectivity index (χ2n) is 6.38. The highest BCUT2D eigenvalue weighted by Crippen LogP contribution is 2.17. The molecule has 0 bridgehead atoms. The lowest BCUT2D eigenvalue weighted by Gasteiger charge is -2.28. The first-order valence-corrected chi connectivity index (χ1v) is 10.2. The van der Waals surface area contributed by atoms with Crippen LogP contribution in [0.3, 0.4) is 0 Å². The largest absolute Gasteiger partial charge is 0.417 e. The van der Waals surface area contributed by atoms with Crippen LogP contribution >= 0.6 is 0 Å². The number of rotatable bonds is 5. The first-order chi connectivity index (χ1) is 13.4. The molecule has 1 saturated heterocycles. The van der Waals surface area contributed by atoms with E-state index in [9.17, 15) is 13.2 Å². The topological polar surface area (TPSA) is 130 Å². The number of nitrogens with zero attached hydrogens (tertiary/aromatic N) is 3. The Kier molecular flexibility index (Phi) is 4.87. The molecule has 4 rings (SSSR count). The van der Waals surface area contributed by atoms with Crippen molar-refractivity contribution in [3.05, 3.63) is 46.3 Å². The van der Waals surface area contributed by atoms with Gasteiger partial charge in [0.2, 0.25) is 10.0 Å². The van der Waals surface area contributed by atoms with E-state index in [2.05, 4.69) is 24.6 Å². The van der Waals surface area contributed by atoms with Crippen molar-refractivity contribution < 1.29 is 17.6 Å². The van der Waals surface area contributed by atoms with Gasteiger partial charge in [0.1, 0.15) is 11.6 Å². The lowest BCUT2D eigenvalue weighted by Crippen LogP contribution is -2.37. The van der Waals surface area contributed by atoms with Crippen LogP contribution in [0.25, 0.3) is 11.1 Å². The van der Waals surface area contributed by atoms with Gasteiger partial charge in [0.15, 0.2) is 5.58 Å². The Morgan fingerprint density at radius 2 is 2.00 bits per heavy atom. The molecule has 1 aliphatic rings. The Balaban J connectivity index is 1.53. The molecule has 28 heavy (non-hydrogen) atoms. The molecule has 2 N–H and O–H groups in total. The van der Waals surface area contributed by atoms with E-state index in [1.165, 1.54) is 18.2 Å². The zero-order chi connectivity index (χ0) is 19.7. The minimum absolute atomic E-state index is 0.0121. The van der Waals surface area contributed by atoms with Crippen LogP contribution in [0.4, 0.5) is 5.82 Å². The summed E-state index contributed by atoms with van der Waals surface area (Å²) >= 11 is 0. The summed E-state index contributed by atoms with van der Waals surface area (Å²) in [4.78, 5) is 24.6. The Bertz CT molecular complexity index is 1160. The molecule has 0 atom stereocenters. The average molecular weight is 405 g/mol. The number of oxazole rings is 1. The second kappa shape index (κ2) is 7.34. The van der Waals surface area contributed by atoms with Crippen molar-refractivity contribution in [2.24, 2.45) is 0 Å². The van der Waals surface area contributed by atoms with E-state index in [1.54, 1.807) is 0 Å². The first-order valence-electron chi connectivity index (χ1n) is 8.70. The summed E-state index contributed by atoms with van der Waals surface area (Å²) in [6.07, 6.45) is 0. The molecule has 0 unspecified atom stereocenters. The smallest absolute Gasteiger partial charge is 0.408 e. The molecule has 10 nitrogen and oxygen atoms in total. The number of H-pyrrole nitrogens is 1. The number of anilines is 1. The molecule has 0 aliphatic carbocycles. The molecule has 2 aromatic heterocycles. The van der Waals surface area contributed by atoms with Crippen LogP contribution in [0, 0.1) is 6.92 Å². The van der Waals surface area contributed by atoms with Crippen molar-refractivity contribution in [3.8, 4) is 0 Å². The molecule has 1 aromatic carbocycles. The SMILES string of the molecule is Cc1cc(N2CCOCC2)nc(CNS(=O)(=O)c2ccc3oc(=O)[nH]c3c2)n1. The minimum Gasteiger partial charge on any atom is -0.408 e.